The first kappa shape index (κ1) is 14.0. The van der Waals surface area contributed by atoms with E-state index in [1.165, 1.54) is 0 Å². The number of ether oxygens (including phenoxy) is 1. The van der Waals surface area contributed by atoms with Crippen LogP contribution in [0.3, 0.4) is 0 Å². The zero-order valence-corrected chi connectivity index (χ0v) is 13.1. The number of carbonyl (C=O) groups is 1. The van der Waals surface area contributed by atoms with Crippen molar-refractivity contribution in [2.45, 2.75) is 18.9 Å². The molecule has 1 saturated carbocycles. The van der Waals surface area contributed by atoms with E-state index in [2.05, 4.69) is 25.6 Å². The Hall–Kier alpha value is -3.42. The first-order valence-electron chi connectivity index (χ1n) is 8.02. The van der Waals surface area contributed by atoms with E-state index in [1.807, 2.05) is 12.1 Å². The van der Waals surface area contributed by atoms with Gasteiger partial charge in [0, 0.05) is 17.6 Å². The number of rotatable bonds is 4. The molecule has 2 N–H and O–H groups in total. The van der Waals surface area contributed by atoms with Crippen LogP contribution in [0.2, 0.25) is 0 Å². The molecule has 0 atom stereocenters. The van der Waals surface area contributed by atoms with Gasteiger partial charge in [0.1, 0.15) is 5.75 Å². The molecule has 0 saturated heterocycles. The maximum absolute atomic E-state index is 12.9. The van der Waals surface area contributed by atoms with Crippen molar-refractivity contribution in [1.29, 1.82) is 0 Å². The Morgan fingerprint density at radius 3 is 3.12 bits per heavy atom. The van der Waals surface area contributed by atoms with Crippen LogP contribution in [0.1, 0.15) is 23.2 Å². The van der Waals surface area contributed by atoms with Gasteiger partial charge in [-0.15, -0.1) is 0 Å². The van der Waals surface area contributed by atoms with Crippen molar-refractivity contribution >= 4 is 28.3 Å². The Bertz CT molecular complexity index is 1090. The van der Waals surface area contributed by atoms with Crippen LogP contribution in [0, 0.1) is 0 Å². The largest absolute Gasteiger partial charge is 0.490 e. The molecule has 3 aromatic heterocycles. The standard InChI is InChI=1S/C17H14N6O2/c24-17(21-16-9-18-15-2-1-5-20-23(15)16)12-6-10-8-19-22-13(10)7-14(12)25-11-3-4-11/h1-2,5-9,11H,3-4H2,(H,19,22)(H,21,24). The summed E-state index contributed by atoms with van der Waals surface area (Å²) in [5, 5.41) is 14.8. The van der Waals surface area contributed by atoms with Gasteiger partial charge >= 0.3 is 0 Å². The van der Waals surface area contributed by atoms with Gasteiger partial charge in [-0.3, -0.25) is 9.89 Å². The summed E-state index contributed by atoms with van der Waals surface area (Å²) in [6.45, 7) is 0. The number of benzene rings is 1. The lowest BCUT2D eigenvalue weighted by atomic mass is 10.1. The van der Waals surface area contributed by atoms with E-state index in [-0.39, 0.29) is 12.0 Å². The number of hydrogen-bond acceptors (Lipinski definition) is 5. The molecule has 0 unspecified atom stereocenters. The minimum atomic E-state index is -0.272. The van der Waals surface area contributed by atoms with E-state index in [4.69, 9.17) is 4.74 Å². The van der Waals surface area contributed by atoms with Crippen molar-refractivity contribution in [2.24, 2.45) is 0 Å². The Morgan fingerprint density at radius 2 is 2.24 bits per heavy atom. The number of amides is 1. The van der Waals surface area contributed by atoms with E-state index in [0.717, 1.165) is 23.7 Å². The summed E-state index contributed by atoms with van der Waals surface area (Å²) in [7, 11) is 0. The third-order valence-corrected chi connectivity index (χ3v) is 4.12. The summed E-state index contributed by atoms with van der Waals surface area (Å²) >= 11 is 0. The summed E-state index contributed by atoms with van der Waals surface area (Å²) in [4.78, 5) is 17.1. The second-order valence-electron chi connectivity index (χ2n) is 6.01. The van der Waals surface area contributed by atoms with E-state index in [1.54, 1.807) is 35.2 Å². The van der Waals surface area contributed by atoms with Crippen LogP contribution >= 0.6 is 0 Å². The maximum atomic E-state index is 12.9. The van der Waals surface area contributed by atoms with Crippen LogP contribution in [-0.4, -0.2) is 36.8 Å². The zero-order chi connectivity index (χ0) is 16.8. The van der Waals surface area contributed by atoms with Crippen LogP contribution in [0.25, 0.3) is 16.6 Å². The zero-order valence-electron chi connectivity index (χ0n) is 13.1. The Labute approximate surface area is 141 Å². The van der Waals surface area contributed by atoms with Gasteiger partial charge in [0.2, 0.25) is 0 Å². The second kappa shape index (κ2) is 5.30. The highest BCUT2D eigenvalue weighted by molar-refractivity contribution is 6.08. The molecular weight excluding hydrogens is 320 g/mol. The van der Waals surface area contributed by atoms with E-state index >= 15 is 0 Å². The van der Waals surface area contributed by atoms with Gasteiger partial charge in [-0.25, -0.2) is 4.98 Å². The average Bonchev–Trinajstić information content (AvgIpc) is 3.17. The van der Waals surface area contributed by atoms with Crippen molar-refractivity contribution in [3.63, 3.8) is 0 Å². The smallest absolute Gasteiger partial charge is 0.260 e. The Kier molecular flexibility index (Phi) is 2.96. The molecule has 1 aromatic carbocycles. The number of carbonyl (C=O) groups excluding carboxylic acids is 1. The fourth-order valence-corrected chi connectivity index (χ4v) is 2.71. The molecule has 1 amide bonds. The van der Waals surface area contributed by atoms with Crippen LogP contribution < -0.4 is 10.1 Å². The highest BCUT2D eigenvalue weighted by Crippen LogP contribution is 2.32. The van der Waals surface area contributed by atoms with Crippen molar-refractivity contribution in [2.75, 3.05) is 5.32 Å². The third kappa shape index (κ3) is 2.47. The molecule has 25 heavy (non-hydrogen) atoms. The number of fused-ring (bicyclic) bond motifs is 2. The number of H-pyrrole nitrogens is 1. The number of nitrogens with zero attached hydrogens (tertiary/aromatic N) is 4. The number of imidazole rings is 1. The number of aromatic amines is 1. The molecule has 0 radical (unpaired) electrons. The molecule has 8 heteroatoms. The normalized spacial score (nSPS) is 14.1. The fraction of sp³-hybridized carbons (Fsp3) is 0.176. The van der Waals surface area contributed by atoms with E-state index < -0.39 is 0 Å². The van der Waals surface area contributed by atoms with Gasteiger partial charge in [0.15, 0.2) is 11.5 Å². The van der Waals surface area contributed by atoms with Gasteiger partial charge in [-0.05, 0) is 31.0 Å². The van der Waals surface area contributed by atoms with Crippen LogP contribution in [0.4, 0.5) is 5.82 Å². The fourth-order valence-electron chi connectivity index (χ4n) is 2.71. The molecule has 1 fully saturated rings. The maximum Gasteiger partial charge on any atom is 0.260 e. The predicted octanol–water partition coefficient (Wildman–Crippen LogP) is 2.40. The molecule has 4 aromatic rings. The SMILES string of the molecule is O=C(Nc1cnc2cccnn12)c1cc2cn[nH]c2cc1OC1CC1. The summed E-state index contributed by atoms with van der Waals surface area (Å²) in [5.41, 5.74) is 1.97. The number of hydrogen-bond donors (Lipinski definition) is 2. The van der Waals surface area contributed by atoms with E-state index in [0.29, 0.717) is 22.8 Å². The van der Waals surface area contributed by atoms with Crippen molar-refractivity contribution < 1.29 is 9.53 Å². The van der Waals surface area contributed by atoms with Crippen LogP contribution in [0.15, 0.2) is 42.9 Å². The molecule has 3 heterocycles. The third-order valence-electron chi connectivity index (χ3n) is 4.12. The van der Waals surface area contributed by atoms with E-state index in [9.17, 15) is 4.79 Å². The van der Waals surface area contributed by atoms with Crippen molar-refractivity contribution in [3.05, 3.63) is 48.4 Å². The lowest BCUT2D eigenvalue weighted by molar-refractivity contribution is 0.102. The molecule has 124 valence electrons. The van der Waals surface area contributed by atoms with Gasteiger partial charge in [-0.2, -0.15) is 14.7 Å². The first-order chi connectivity index (χ1) is 12.3. The van der Waals surface area contributed by atoms with Gasteiger partial charge < -0.3 is 10.1 Å². The van der Waals surface area contributed by atoms with Gasteiger partial charge in [0.25, 0.3) is 5.91 Å². The van der Waals surface area contributed by atoms with Gasteiger partial charge in [0.05, 0.1) is 29.6 Å². The molecule has 0 aliphatic heterocycles. The predicted molar refractivity (Wildman–Crippen MR) is 90.7 cm³/mol. The lowest BCUT2D eigenvalue weighted by Crippen LogP contribution is -2.15. The van der Waals surface area contributed by atoms with Gasteiger partial charge in [-0.1, -0.05) is 0 Å². The molecule has 0 bridgehead atoms. The van der Waals surface area contributed by atoms with Crippen molar-refractivity contribution in [3.8, 4) is 5.75 Å². The monoisotopic (exact) mass is 334 g/mol. The first-order valence-corrected chi connectivity index (χ1v) is 8.02. The summed E-state index contributed by atoms with van der Waals surface area (Å²) in [6.07, 6.45) is 7.12. The number of nitrogens with one attached hydrogen (secondary N) is 2. The quantitative estimate of drug-likeness (QED) is 0.597. The summed E-state index contributed by atoms with van der Waals surface area (Å²) < 4.78 is 7.49. The average molecular weight is 334 g/mol. The Morgan fingerprint density at radius 1 is 1.32 bits per heavy atom. The highest BCUT2D eigenvalue weighted by atomic mass is 16.5. The van der Waals surface area contributed by atoms with Crippen LogP contribution in [0.5, 0.6) is 5.75 Å². The minimum absolute atomic E-state index is 0.185. The number of anilines is 1. The highest BCUT2D eigenvalue weighted by Gasteiger charge is 2.26. The second-order valence-corrected chi connectivity index (χ2v) is 6.01. The molecular formula is C17H14N6O2. The topological polar surface area (TPSA) is 97.2 Å². The summed E-state index contributed by atoms with van der Waals surface area (Å²) in [6, 6.07) is 7.22. The minimum Gasteiger partial charge on any atom is -0.490 e. The van der Waals surface area contributed by atoms with Crippen molar-refractivity contribution in [1.82, 2.24) is 24.8 Å². The Balaban J connectivity index is 1.53. The molecule has 5 rings (SSSR count). The molecule has 8 nitrogen and oxygen atoms in total. The molecule has 1 aliphatic rings. The summed E-state index contributed by atoms with van der Waals surface area (Å²) in [5.74, 6) is 0.787. The lowest BCUT2D eigenvalue weighted by Gasteiger charge is -2.11. The molecule has 1 aliphatic carbocycles. The van der Waals surface area contributed by atoms with Crippen LogP contribution in [-0.2, 0) is 0 Å². The molecule has 0 spiro atoms. The number of aromatic nitrogens is 5.